The Morgan fingerprint density at radius 3 is 2.84 bits per heavy atom. The molecule has 0 unspecified atom stereocenters. The molecule has 1 aliphatic heterocycles. The van der Waals surface area contributed by atoms with E-state index in [2.05, 4.69) is 5.32 Å². The number of nitrogens with one attached hydrogen (secondary N) is 1. The molecular formula is C19H19NO4S. The second-order valence-corrected chi connectivity index (χ2v) is 6.93. The largest absolute Gasteiger partial charge is 0.490 e. The number of rotatable bonds is 6. The third kappa shape index (κ3) is 4.76. The summed E-state index contributed by atoms with van der Waals surface area (Å²) in [5.41, 5.74) is 1.89. The molecule has 1 N–H and O–H groups in total. The summed E-state index contributed by atoms with van der Waals surface area (Å²) in [7, 11) is 0. The normalized spacial score (nSPS) is 15.9. The zero-order valence-electron chi connectivity index (χ0n) is 13.9. The van der Waals surface area contributed by atoms with Gasteiger partial charge in [0.2, 0.25) is 5.91 Å². The lowest BCUT2D eigenvalue weighted by atomic mass is 10.2. The van der Waals surface area contributed by atoms with E-state index in [0.717, 1.165) is 21.9 Å². The fraction of sp³-hybridized carbons (Fsp3) is 0.263. The summed E-state index contributed by atoms with van der Waals surface area (Å²) < 4.78 is 10.7. The number of carbonyl (C=O) groups is 2. The van der Waals surface area contributed by atoms with Gasteiger partial charge in [-0.15, -0.1) is 11.8 Å². The zero-order chi connectivity index (χ0) is 17.6. The van der Waals surface area contributed by atoms with E-state index in [0.29, 0.717) is 0 Å². The predicted octanol–water partition coefficient (Wildman–Crippen LogP) is 3.42. The molecule has 0 aromatic heterocycles. The molecule has 2 aromatic rings. The number of benzene rings is 2. The highest BCUT2D eigenvalue weighted by atomic mass is 32.2. The molecule has 0 spiro atoms. The maximum Gasteiger partial charge on any atom is 0.307 e. The zero-order valence-corrected chi connectivity index (χ0v) is 14.7. The van der Waals surface area contributed by atoms with Crippen LogP contribution in [0.3, 0.4) is 0 Å². The third-order valence-corrected chi connectivity index (χ3v) is 4.94. The van der Waals surface area contributed by atoms with Crippen molar-refractivity contribution < 1.29 is 19.1 Å². The van der Waals surface area contributed by atoms with E-state index < -0.39 is 11.2 Å². The Bertz CT molecular complexity index is 778. The van der Waals surface area contributed by atoms with Crippen molar-refractivity contribution in [2.75, 3.05) is 18.5 Å². The second-order valence-electron chi connectivity index (χ2n) is 5.68. The van der Waals surface area contributed by atoms with E-state index >= 15 is 0 Å². The monoisotopic (exact) mass is 357 g/mol. The molecule has 0 saturated heterocycles. The first-order valence-corrected chi connectivity index (χ1v) is 8.91. The summed E-state index contributed by atoms with van der Waals surface area (Å²) in [5.74, 6) is 0.173. The third-order valence-electron chi connectivity index (χ3n) is 3.66. The van der Waals surface area contributed by atoms with E-state index in [4.69, 9.17) is 9.47 Å². The van der Waals surface area contributed by atoms with Gasteiger partial charge < -0.3 is 14.8 Å². The highest BCUT2D eigenvalue weighted by molar-refractivity contribution is 8.01. The van der Waals surface area contributed by atoms with Crippen LogP contribution in [0.15, 0.2) is 53.4 Å². The summed E-state index contributed by atoms with van der Waals surface area (Å²) in [6.07, 6.45) is 0.0370. The van der Waals surface area contributed by atoms with Gasteiger partial charge >= 0.3 is 5.97 Å². The predicted molar refractivity (Wildman–Crippen MR) is 97.0 cm³/mol. The molecule has 1 heterocycles. The number of ether oxygens (including phenoxy) is 2. The van der Waals surface area contributed by atoms with Crippen LogP contribution >= 0.6 is 11.8 Å². The second kappa shape index (κ2) is 8.07. The first-order chi connectivity index (χ1) is 12.1. The molecule has 130 valence electrons. The highest BCUT2D eigenvalue weighted by Crippen LogP contribution is 2.36. The van der Waals surface area contributed by atoms with Crippen molar-refractivity contribution >= 4 is 29.3 Å². The van der Waals surface area contributed by atoms with E-state index in [1.165, 1.54) is 11.8 Å². The van der Waals surface area contributed by atoms with Crippen molar-refractivity contribution in [1.29, 1.82) is 0 Å². The van der Waals surface area contributed by atoms with Crippen molar-refractivity contribution in [3.05, 3.63) is 54.1 Å². The molecule has 0 fully saturated rings. The number of anilines is 1. The first-order valence-electron chi connectivity index (χ1n) is 8.03. The molecular weight excluding hydrogens is 338 g/mol. The lowest BCUT2D eigenvalue weighted by Crippen LogP contribution is -2.31. The van der Waals surface area contributed by atoms with Gasteiger partial charge in [0.1, 0.15) is 19.0 Å². The fourth-order valence-electron chi connectivity index (χ4n) is 2.46. The van der Waals surface area contributed by atoms with Gasteiger partial charge in [-0.3, -0.25) is 9.59 Å². The standard InChI is InChI=1S/C19H19NO4S/c1-13-5-4-6-14(11-13)23-9-10-24-18(21)12-17-19(22)20-15-7-2-3-8-16(15)25-17/h2-8,11,17H,9-10,12H2,1H3,(H,20,22)/t17-/m0/s1. The average Bonchev–Trinajstić information content (AvgIpc) is 2.59. The highest BCUT2D eigenvalue weighted by Gasteiger charge is 2.29. The summed E-state index contributed by atoms with van der Waals surface area (Å²) >= 11 is 1.39. The van der Waals surface area contributed by atoms with Gasteiger partial charge in [0.05, 0.1) is 17.4 Å². The Kier molecular flexibility index (Phi) is 5.60. The molecule has 2 aromatic carbocycles. The summed E-state index contributed by atoms with van der Waals surface area (Å²) in [6.45, 7) is 2.42. The minimum Gasteiger partial charge on any atom is -0.490 e. The van der Waals surface area contributed by atoms with Crippen molar-refractivity contribution in [2.24, 2.45) is 0 Å². The molecule has 1 atom stereocenters. The van der Waals surface area contributed by atoms with Crippen molar-refractivity contribution in [2.45, 2.75) is 23.5 Å². The lowest BCUT2D eigenvalue weighted by Gasteiger charge is -2.23. The minimum absolute atomic E-state index is 0.0370. The van der Waals surface area contributed by atoms with E-state index in [1.54, 1.807) is 0 Å². The van der Waals surface area contributed by atoms with Gasteiger partial charge in [-0.05, 0) is 36.8 Å². The molecule has 0 radical (unpaired) electrons. The number of hydrogen-bond donors (Lipinski definition) is 1. The van der Waals surface area contributed by atoms with Crippen LogP contribution in [0.25, 0.3) is 0 Å². The first kappa shape index (κ1) is 17.4. The Morgan fingerprint density at radius 1 is 1.16 bits per heavy atom. The number of carbonyl (C=O) groups excluding carboxylic acids is 2. The molecule has 0 aliphatic carbocycles. The number of aryl methyl sites for hydroxylation is 1. The Hall–Kier alpha value is -2.47. The molecule has 1 amide bonds. The van der Waals surface area contributed by atoms with Crippen molar-refractivity contribution in [3.63, 3.8) is 0 Å². The number of esters is 1. The van der Waals surface area contributed by atoms with Crippen LogP contribution in [0.4, 0.5) is 5.69 Å². The van der Waals surface area contributed by atoms with Gasteiger partial charge in [0.15, 0.2) is 0 Å². The van der Waals surface area contributed by atoms with E-state index in [9.17, 15) is 9.59 Å². The maximum atomic E-state index is 12.1. The fourth-order valence-corrected chi connectivity index (χ4v) is 3.55. The molecule has 3 rings (SSSR count). The Labute approximate surface area is 150 Å². The quantitative estimate of drug-likeness (QED) is 0.634. The number of fused-ring (bicyclic) bond motifs is 1. The summed E-state index contributed by atoms with van der Waals surface area (Å²) in [4.78, 5) is 25.0. The van der Waals surface area contributed by atoms with Crippen LogP contribution in [0.1, 0.15) is 12.0 Å². The van der Waals surface area contributed by atoms with Crippen LogP contribution in [-0.2, 0) is 14.3 Å². The van der Waals surface area contributed by atoms with Crippen LogP contribution in [0, 0.1) is 6.92 Å². The lowest BCUT2D eigenvalue weighted by molar-refractivity contribution is -0.145. The molecule has 6 heteroatoms. The van der Waals surface area contributed by atoms with Crippen LogP contribution < -0.4 is 10.1 Å². The Balaban J connectivity index is 1.43. The van der Waals surface area contributed by atoms with Crippen molar-refractivity contribution in [3.8, 4) is 5.75 Å². The molecule has 0 saturated carbocycles. The van der Waals surface area contributed by atoms with Crippen LogP contribution in [0.5, 0.6) is 5.75 Å². The number of thioether (sulfide) groups is 1. The minimum atomic E-state index is -0.472. The molecule has 0 bridgehead atoms. The smallest absolute Gasteiger partial charge is 0.307 e. The van der Waals surface area contributed by atoms with Gasteiger partial charge in [-0.2, -0.15) is 0 Å². The number of amides is 1. The van der Waals surface area contributed by atoms with Crippen molar-refractivity contribution in [1.82, 2.24) is 0 Å². The van der Waals surface area contributed by atoms with Crippen LogP contribution in [0.2, 0.25) is 0 Å². The summed E-state index contributed by atoms with van der Waals surface area (Å²) in [5, 5.41) is 2.34. The molecule has 5 nitrogen and oxygen atoms in total. The molecule has 25 heavy (non-hydrogen) atoms. The van der Waals surface area contributed by atoms with E-state index in [-0.39, 0.29) is 25.5 Å². The topological polar surface area (TPSA) is 64.6 Å². The van der Waals surface area contributed by atoms with E-state index in [1.807, 2.05) is 55.5 Å². The maximum absolute atomic E-state index is 12.1. The van der Waals surface area contributed by atoms with Gasteiger partial charge in [0.25, 0.3) is 0 Å². The SMILES string of the molecule is Cc1cccc(OCCOC(=O)C[C@@H]2Sc3ccccc3NC2=O)c1. The number of para-hydroxylation sites is 1. The Morgan fingerprint density at radius 2 is 2.00 bits per heavy atom. The number of hydrogen-bond acceptors (Lipinski definition) is 5. The molecule has 1 aliphatic rings. The van der Waals surface area contributed by atoms with Gasteiger partial charge in [-0.1, -0.05) is 24.3 Å². The average molecular weight is 357 g/mol. The van der Waals surface area contributed by atoms with Crippen LogP contribution in [-0.4, -0.2) is 30.3 Å². The van der Waals surface area contributed by atoms with Gasteiger partial charge in [0, 0.05) is 4.90 Å². The summed E-state index contributed by atoms with van der Waals surface area (Å²) in [6, 6.07) is 15.2. The van der Waals surface area contributed by atoms with Gasteiger partial charge in [-0.25, -0.2) is 0 Å².